The van der Waals surface area contributed by atoms with E-state index in [4.69, 9.17) is 0 Å². The van der Waals surface area contributed by atoms with Gasteiger partial charge in [0, 0.05) is 11.8 Å². The molecule has 6 rings (SSSR count). The number of imidazole rings is 1. The molecule has 2 bridgehead atoms. The Kier molecular flexibility index (Phi) is 2.88. The minimum Gasteiger partial charge on any atom is -0.388 e. The molecule has 3 heteroatoms. The first-order chi connectivity index (χ1) is 10.8. The van der Waals surface area contributed by atoms with Crippen molar-refractivity contribution in [3.8, 4) is 0 Å². The number of hydrogen-bond donors (Lipinski definition) is 1. The van der Waals surface area contributed by atoms with Crippen LogP contribution in [-0.4, -0.2) is 14.5 Å². The van der Waals surface area contributed by atoms with E-state index < -0.39 is 0 Å². The van der Waals surface area contributed by atoms with Gasteiger partial charge in [-0.3, -0.25) is 0 Å². The van der Waals surface area contributed by atoms with Crippen molar-refractivity contribution in [3.63, 3.8) is 0 Å². The summed E-state index contributed by atoms with van der Waals surface area (Å²) in [7, 11) is 0. The number of hydrogen-bond acceptors (Lipinski definition) is 2. The van der Waals surface area contributed by atoms with Gasteiger partial charge in [0.15, 0.2) is 0 Å². The molecule has 4 fully saturated rings. The zero-order valence-corrected chi connectivity index (χ0v) is 13.0. The maximum Gasteiger partial charge on any atom is 0.0992 e. The van der Waals surface area contributed by atoms with Gasteiger partial charge < -0.3 is 9.51 Å². The molecule has 2 aromatic heterocycles. The summed E-state index contributed by atoms with van der Waals surface area (Å²) in [6.07, 6.45) is 14.8. The van der Waals surface area contributed by atoms with Crippen LogP contribution in [0.3, 0.4) is 0 Å². The van der Waals surface area contributed by atoms with Crippen LogP contribution in [0.5, 0.6) is 0 Å². The molecule has 2 heterocycles. The lowest BCUT2D eigenvalue weighted by Crippen LogP contribution is -2.35. The number of aliphatic hydroxyl groups excluding tert-OH is 1. The largest absolute Gasteiger partial charge is 0.388 e. The summed E-state index contributed by atoms with van der Waals surface area (Å²) in [5.41, 5.74) is 3.71. The van der Waals surface area contributed by atoms with E-state index in [2.05, 4.69) is 21.6 Å². The van der Waals surface area contributed by atoms with E-state index in [9.17, 15) is 5.11 Å². The monoisotopic (exact) mass is 296 g/mol. The van der Waals surface area contributed by atoms with Crippen molar-refractivity contribution in [2.45, 2.75) is 57.0 Å². The molecule has 116 valence electrons. The zero-order chi connectivity index (χ0) is 14.7. The fourth-order valence-corrected chi connectivity index (χ4v) is 5.13. The third kappa shape index (κ3) is 1.95. The Balaban J connectivity index is 1.59. The highest BCUT2D eigenvalue weighted by Gasteiger charge is 2.41. The van der Waals surface area contributed by atoms with Crippen molar-refractivity contribution >= 4 is 5.52 Å². The van der Waals surface area contributed by atoms with Crippen LogP contribution in [0.1, 0.15) is 68.1 Å². The third-order valence-corrected chi connectivity index (χ3v) is 6.49. The highest BCUT2D eigenvalue weighted by Crippen LogP contribution is 2.52. The van der Waals surface area contributed by atoms with Crippen molar-refractivity contribution in [3.05, 3.63) is 35.9 Å². The van der Waals surface area contributed by atoms with Gasteiger partial charge in [0.1, 0.15) is 0 Å². The molecule has 3 nitrogen and oxygen atoms in total. The Morgan fingerprint density at radius 2 is 1.95 bits per heavy atom. The van der Waals surface area contributed by atoms with Gasteiger partial charge in [-0.1, -0.05) is 12.8 Å². The first-order valence-electron chi connectivity index (χ1n) is 8.94. The van der Waals surface area contributed by atoms with Gasteiger partial charge in [-0.2, -0.15) is 0 Å². The maximum atomic E-state index is 11.3. The predicted octanol–water partition coefficient (Wildman–Crippen LogP) is 4.07. The number of aromatic nitrogens is 2. The van der Waals surface area contributed by atoms with E-state index in [1.54, 1.807) is 0 Å². The Bertz CT molecular complexity index is 695. The van der Waals surface area contributed by atoms with Crippen LogP contribution in [0, 0.1) is 17.8 Å². The second-order valence-electron chi connectivity index (χ2n) is 7.77. The van der Waals surface area contributed by atoms with Crippen LogP contribution in [0.25, 0.3) is 5.52 Å². The number of nitrogens with zero attached hydrogens (tertiary/aromatic N) is 2. The summed E-state index contributed by atoms with van der Waals surface area (Å²) in [5, 5.41) is 11.3. The van der Waals surface area contributed by atoms with Gasteiger partial charge in [0.2, 0.25) is 0 Å². The summed E-state index contributed by atoms with van der Waals surface area (Å²) < 4.78 is 2.07. The smallest absolute Gasteiger partial charge is 0.0992 e. The first kappa shape index (κ1) is 13.1. The number of rotatable bonds is 3. The highest BCUT2D eigenvalue weighted by atomic mass is 16.3. The second-order valence-corrected chi connectivity index (χ2v) is 7.77. The normalized spacial score (nSPS) is 32.5. The van der Waals surface area contributed by atoms with E-state index in [0.717, 1.165) is 17.4 Å². The average molecular weight is 296 g/mol. The van der Waals surface area contributed by atoms with E-state index in [1.165, 1.54) is 56.1 Å². The van der Waals surface area contributed by atoms with E-state index >= 15 is 0 Å². The zero-order valence-electron chi connectivity index (χ0n) is 13.0. The Morgan fingerprint density at radius 1 is 1.14 bits per heavy atom. The molecule has 2 atom stereocenters. The summed E-state index contributed by atoms with van der Waals surface area (Å²) in [5.74, 6) is 2.73. The van der Waals surface area contributed by atoms with Crippen LogP contribution >= 0.6 is 0 Å². The minimum atomic E-state index is -0.302. The molecule has 0 amide bonds. The van der Waals surface area contributed by atoms with Gasteiger partial charge >= 0.3 is 0 Å². The Hall–Kier alpha value is -1.35. The predicted molar refractivity (Wildman–Crippen MR) is 85.7 cm³/mol. The molecule has 0 aromatic carbocycles. The van der Waals surface area contributed by atoms with Crippen molar-refractivity contribution in [2.24, 2.45) is 17.8 Å². The topological polar surface area (TPSA) is 37.5 Å². The maximum absolute atomic E-state index is 11.3. The Morgan fingerprint density at radius 3 is 2.64 bits per heavy atom. The molecule has 4 saturated carbocycles. The molecule has 0 radical (unpaired) electrons. The molecule has 0 saturated heterocycles. The van der Waals surface area contributed by atoms with E-state index in [-0.39, 0.29) is 6.10 Å². The molecular weight excluding hydrogens is 272 g/mol. The summed E-state index contributed by atoms with van der Waals surface area (Å²) >= 11 is 0. The lowest BCUT2D eigenvalue weighted by atomic mass is 9.62. The van der Waals surface area contributed by atoms with Gasteiger partial charge in [-0.25, -0.2) is 4.98 Å². The third-order valence-electron chi connectivity index (χ3n) is 6.49. The van der Waals surface area contributed by atoms with E-state index in [0.29, 0.717) is 11.8 Å². The summed E-state index contributed by atoms with van der Waals surface area (Å²) in [6.45, 7) is 0. The minimum absolute atomic E-state index is 0.302. The van der Waals surface area contributed by atoms with E-state index in [1.807, 2.05) is 12.5 Å². The molecule has 4 aliphatic carbocycles. The fraction of sp³-hybridized carbons (Fsp3) is 0.632. The van der Waals surface area contributed by atoms with Crippen molar-refractivity contribution in [2.75, 3.05) is 0 Å². The van der Waals surface area contributed by atoms with Crippen LogP contribution in [0.4, 0.5) is 0 Å². The molecule has 2 aromatic rings. The van der Waals surface area contributed by atoms with Gasteiger partial charge in [0.25, 0.3) is 0 Å². The number of pyridine rings is 1. The second kappa shape index (κ2) is 4.82. The lowest BCUT2D eigenvalue weighted by Gasteiger charge is -2.44. The average Bonchev–Trinajstić information content (AvgIpc) is 3.31. The quantitative estimate of drug-likeness (QED) is 0.927. The van der Waals surface area contributed by atoms with Crippen molar-refractivity contribution < 1.29 is 5.11 Å². The molecular formula is C19H24N2O. The van der Waals surface area contributed by atoms with Crippen molar-refractivity contribution in [1.82, 2.24) is 9.38 Å². The first-order valence-corrected chi connectivity index (χ1v) is 8.94. The van der Waals surface area contributed by atoms with Crippen LogP contribution < -0.4 is 0 Å². The fourth-order valence-electron chi connectivity index (χ4n) is 5.13. The Labute approximate surface area is 131 Å². The van der Waals surface area contributed by atoms with Gasteiger partial charge in [-0.05, 0) is 67.4 Å². The summed E-state index contributed by atoms with van der Waals surface area (Å²) in [4.78, 5) is 4.31. The van der Waals surface area contributed by atoms with Crippen LogP contribution in [0.2, 0.25) is 0 Å². The molecule has 0 spiro atoms. The summed E-state index contributed by atoms with van der Waals surface area (Å²) in [6, 6.07) is 2.23. The van der Waals surface area contributed by atoms with Crippen LogP contribution in [-0.2, 0) is 0 Å². The lowest BCUT2D eigenvalue weighted by molar-refractivity contribution is -0.00470. The number of aliphatic hydroxyl groups is 1. The highest BCUT2D eigenvalue weighted by molar-refractivity contribution is 5.59. The van der Waals surface area contributed by atoms with Gasteiger partial charge in [0.05, 0.1) is 24.1 Å². The molecule has 1 N–H and O–H groups in total. The van der Waals surface area contributed by atoms with Gasteiger partial charge in [-0.15, -0.1) is 0 Å². The van der Waals surface area contributed by atoms with Crippen LogP contribution in [0.15, 0.2) is 24.8 Å². The molecule has 0 aliphatic heterocycles. The molecule has 1 unspecified atom stereocenters. The molecule has 22 heavy (non-hydrogen) atoms. The standard InChI is InChI=1S/C19H24N2O/c22-19(16-9-12-1-3-14(16)4-2-12)18-15(13-5-6-13)7-8-21-11-20-10-17(18)21/h7-8,10-14,16,19,22H,1-6,9H2/t12?,14?,16?,19-/m0/s1. The molecule has 4 aliphatic rings. The van der Waals surface area contributed by atoms with Crippen molar-refractivity contribution in [1.29, 1.82) is 0 Å². The number of fused-ring (bicyclic) bond motifs is 4. The SMILES string of the molecule is O[C@H](c1c(C2CC2)ccn2cncc12)C1CC2CCC1CC2.